The second-order valence-corrected chi connectivity index (χ2v) is 12.5. The first-order chi connectivity index (χ1) is 22.3. The SMILES string of the molecule is CCN[S+]([O-])c1cccc(C(=O)Nc2ccc(N3CCCCC3)cc2C(=O)Nc2ccc(CCc3ccc(C(=O)O)cc3)cc2)c1. The lowest BCUT2D eigenvalue weighted by Gasteiger charge is -2.29. The molecule has 1 saturated heterocycles. The number of rotatable bonds is 12. The molecular formula is C36H38N4O5S. The fourth-order valence-corrected chi connectivity index (χ4v) is 6.26. The smallest absolute Gasteiger partial charge is 0.335 e. The number of benzene rings is 4. The van der Waals surface area contributed by atoms with Gasteiger partial charge < -0.3 is 25.2 Å². The van der Waals surface area contributed by atoms with Crippen LogP contribution in [-0.2, 0) is 24.2 Å². The quantitative estimate of drug-likeness (QED) is 0.134. The van der Waals surface area contributed by atoms with Crippen molar-refractivity contribution in [3.05, 3.63) is 119 Å². The molecule has 4 aromatic carbocycles. The molecule has 4 N–H and O–H groups in total. The van der Waals surface area contributed by atoms with Crippen LogP contribution >= 0.6 is 0 Å². The second kappa shape index (κ2) is 15.6. The standard InChI is InChI=1S/C36H38N4O5S/c1-2-37-46(45)31-8-6-7-28(23-31)34(41)39-33-20-19-30(40-21-4-3-5-22-40)24-32(33)35(42)38-29-17-13-26(14-18-29)10-9-25-11-15-27(16-12-25)36(43)44/h6-8,11-20,23-24,37H,2-5,9-10,21-22H2,1H3,(H,38,42)(H,39,41)(H,43,44). The van der Waals surface area contributed by atoms with Crippen LogP contribution in [0.15, 0.2) is 95.9 Å². The van der Waals surface area contributed by atoms with Gasteiger partial charge in [-0.2, -0.15) is 0 Å². The van der Waals surface area contributed by atoms with Crippen molar-refractivity contribution in [1.29, 1.82) is 0 Å². The minimum absolute atomic E-state index is 0.264. The Kier molecular flexibility index (Phi) is 11.1. The number of amides is 2. The summed E-state index contributed by atoms with van der Waals surface area (Å²) < 4.78 is 15.3. The summed E-state index contributed by atoms with van der Waals surface area (Å²) in [5.74, 6) is -1.69. The van der Waals surface area contributed by atoms with Crippen molar-refractivity contribution in [3.63, 3.8) is 0 Å². The maximum Gasteiger partial charge on any atom is 0.335 e. The Hall–Kier alpha value is -4.64. The first-order valence-corrected chi connectivity index (χ1v) is 16.6. The lowest BCUT2D eigenvalue weighted by atomic mass is 10.0. The van der Waals surface area contributed by atoms with Crippen LogP contribution in [0.1, 0.15) is 68.4 Å². The lowest BCUT2D eigenvalue weighted by molar-refractivity contribution is 0.0696. The number of carboxylic acid groups (broad SMARTS) is 1. The van der Waals surface area contributed by atoms with Crippen molar-refractivity contribution in [2.75, 3.05) is 35.2 Å². The highest BCUT2D eigenvalue weighted by molar-refractivity contribution is 7.89. The highest BCUT2D eigenvalue weighted by Crippen LogP contribution is 2.28. The second-order valence-electron chi connectivity index (χ2n) is 11.2. The van der Waals surface area contributed by atoms with Gasteiger partial charge in [0.2, 0.25) is 0 Å². The number of hydrogen-bond donors (Lipinski definition) is 4. The van der Waals surface area contributed by atoms with Crippen molar-refractivity contribution in [3.8, 4) is 0 Å². The van der Waals surface area contributed by atoms with Gasteiger partial charge in [0.05, 0.1) is 28.2 Å². The number of hydrogen-bond acceptors (Lipinski definition) is 6. The Labute approximate surface area is 272 Å². The molecule has 0 radical (unpaired) electrons. The Bertz CT molecular complexity index is 1670. The molecule has 1 unspecified atom stereocenters. The van der Waals surface area contributed by atoms with Crippen LogP contribution in [0.5, 0.6) is 0 Å². The van der Waals surface area contributed by atoms with Crippen LogP contribution in [-0.4, -0.2) is 47.1 Å². The number of anilines is 3. The fourth-order valence-electron chi connectivity index (χ4n) is 5.40. The van der Waals surface area contributed by atoms with E-state index in [-0.39, 0.29) is 11.5 Å². The van der Waals surface area contributed by atoms with E-state index < -0.39 is 23.2 Å². The third-order valence-electron chi connectivity index (χ3n) is 7.92. The van der Waals surface area contributed by atoms with Crippen molar-refractivity contribution < 1.29 is 24.0 Å². The zero-order valence-electron chi connectivity index (χ0n) is 25.8. The molecule has 1 aliphatic heterocycles. The molecule has 9 nitrogen and oxygen atoms in total. The summed E-state index contributed by atoms with van der Waals surface area (Å²) in [7, 11) is 0. The summed E-state index contributed by atoms with van der Waals surface area (Å²) in [6, 6.07) is 26.6. The van der Waals surface area contributed by atoms with Gasteiger partial charge in [0.15, 0.2) is 4.90 Å². The number of carbonyl (C=O) groups excluding carboxylic acids is 2. The topological polar surface area (TPSA) is 134 Å². The van der Waals surface area contributed by atoms with Crippen molar-refractivity contribution in [2.45, 2.75) is 43.9 Å². The highest BCUT2D eigenvalue weighted by atomic mass is 32.2. The monoisotopic (exact) mass is 638 g/mol. The van der Waals surface area contributed by atoms with E-state index in [4.69, 9.17) is 5.11 Å². The molecule has 0 spiro atoms. The van der Waals surface area contributed by atoms with E-state index in [0.717, 1.165) is 55.6 Å². The molecule has 1 fully saturated rings. The van der Waals surface area contributed by atoms with Crippen LogP contribution < -0.4 is 20.3 Å². The average Bonchev–Trinajstić information content (AvgIpc) is 3.08. The van der Waals surface area contributed by atoms with Gasteiger partial charge in [-0.05, 0) is 105 Å². The van der Waals surface area contributed by atoms with Crippen LogP contribution in [0.25, 0.3) is 0 Å². The molecule has 0 aromatic heterocycles. The van der Waals surface area contributed by atoms with Crippen LogP contribution in [0.2, 0.25) is 0 Å². The molecule has 0 bridgehead atoms. The summed E-state index contributed by atoms with van der Waals surface area (Å²) in [6.45, 7) is 4.20. The first-order valence-electron chi connectivity index (χ1n) is 15.5. The molecule has 1 heterocycles. The molecule has 0 aliphatic carbocycles. The number of piperidine rings is 1. The number of carboxylic acids is 1. The maximum atomic E-state index is 13.7. The van der Waals surface area contributed by atoms with E-state index in [9.17, 15) is 18.9 Å². The Morgan fingerprint density at radius 3 is 2.11 bits per heavy atom. The number of nitrogens with zero attached hydrogens (tertiary/aromatic N) is 1. The van der Waals surface area contributed by atoms with Gasteiger partial charge >= 0.3 is 5.97 Å². The first kappa shape index (κ1) is 32.7. The van der Waals surface area contributed by atoms with Gasteiger partial charge in [-0.25, -0.2) is 4.79 Å². The third-order valence-corrected chi connectivity index (χ3v) is 9.15. The van der Waals surface area contributed by atoms with Gasteiger partial charge in [0.25, 0.3) is 11.8 Å². The lowest BCUT2D eigenvalue weighted by Crippen LogP contribution is -2.29. The molecule has 10 heteroatoms. The van der Waals surface area contributed by atoms with Gasteiger partial charge in [0.1, 0.15) is 0 Å². The number of aryl methyl sites for hydroxylation is 2. The molecule has 1 atom stereocenters. The Balaban J connectivity index is 1.31. The Morgan fingerprint density at radius 1 is 0.783 bits per heavy atom. The molecule has 46 heavy (non-hydrogen) atoms. The molecular weight excluding hydrogens is 600 g/mol. The predicted octanol–water partition coefficient (Wildman–Crippen LogP) is 6.30. The third kappa shape index (κ3) is 8.54. The Morgan fingerprint density at radius 2 is 1.46 bits per heavy atom. The molecule has 2 amide bonds. The highest BCUT2D eigenvalue weighted by Gasteiger charge is 2.20. The zero-order chi connectivity index (χ0) is 32.5. The minimum atomic E-state index is -1.43. The van der Waals surface area contributed by atoms with Gasteiger partial charge in [-0.15, -0.1) is 4.72 Å². The summed E-state index contributed by atoms with van der Waals surface area (Å²) in [5, 5.41) is 15.0. The maximum absolute atomic E-state index is 13.7. The van der Waals surface area contributed by atoms with Crippen molar-refractivity contribution in [1.82, 2.24) is 4.72 Å². The minimum Gasteiger partial charge on any atom is -0.593 e. The van der Waals surface area contributed by atoms with E-state index in [0.29, 0.717) is 33.9 Å². The zero-order valence-corrected chi connectivity index (χ0v) is 26.6. The molecule has 1 aliphatic rings. The molecule has 0 saturated carbocycles. The summed E-state index contributed by atoms with van der Waals surface area (Å²) in [5.41, 5.74) is 5.01. The van der Waals surface area contributed by atoms with Crippen molar-refractivity contribution >= 4 is 46.2 Å². The van der Waals surface area contributed by atoms with Crippen LogP contribution in [0.3, 0.4) is 0 Å². The molecule has 5 rings (SSSR count). The van der Waals surface area contributed by atoms with Crippen LogP contribution in [0, 0.1) is 0 Å². The predicted molar refractivity (Wildman–Crippen MR) is 182 cm³/mol. The van der Waals surface area contributed by atoms with E-state index in [1.54, 1.807) is 42.5 Å². The summed E-state index contributed by atoms with van der Waals surface area (Å²) >= 11 is -1.43. The van der Waals surface area contributed by atoms with E-state index in [1.165, 1.54) is 6.42 Å². The van der Waals surface area contributed by atoms with Gasteiger partial charge in [-0.3, -0.25) is 9.59 Å². The molecule has 238 valence electrons. The number of nitrogens with one attached hydrogen (secondary N) is 3. The number of aromatic carboxylic acids is 1. The van der Waals surface area contributed by atoms with Gasteiger partial charge in [0, 0.05) is 42.6 Å². The number of carbonyl (C=O) groups is 3. The van der Waals surface area contributed by atoms with Crippen LogP contribution in [0.4, 0.5) is 17.1 Å². The molecule has 4 aromatic rings. The van der Waals surface area contributed by atoms with E-state index >= 15 is 0 Å². The fraction of sp³-hybridized carbons (Fsp3) is 0.250. The summed E-state index contributed by atoms with van der Waals surface area (Å²) in [6.07, 6.45) is 4.88. The normalized spacial score (nSPS) is 13.6. The van der Waals surface area contributed by atoms with Gasteiger partial charge in [-0.1, -0.05) is 30.3 Å². The van der Waals surface area contributed by atoms with E-state index in [2.05, 4.69) is 20.3 Å². The largest absolute Gasteiger partial charge is 0.593 e. The average molecular weight is 639 g/mol. The summed E-state index contributed by atoms with van der Waals surface area (Å²) in [4.78, 5) is 40.9. The van der Waals surface area contributed by atoms with Crippen molar-refractivity contribution in [2.24, 2.45) is 0 Å². The van der Waals surface area contributed by atoms with E-state index in [1.807, 2.05) is 55.5 Å².